The van der Waals surface area contributed by atoms with Gasteiger partial charge in [0.05, 0.1) is 0 Å². The van der Waals surface area contributed by atoms with E-state index in [1.54, 1.807) is 0 Å². The van der Waals surface area contributed by atoms with E-state index in [4.69, 9.17) is 4.72 Å². The van der Waals surface area contributed by atoms with Crippen LogP contribution in [0.2, 0.25) is 0 Å². The predicted molar refractivity (Wildman–Crippen MR) is 52.0 cm³/mol. The van der Waals surface area contributed by atoms with Crippen molar-refractivity contribution in [1.29, 1.82) is 1.45 Å². The van der Waals surface area contributed by atoms with Gasteiger partial charge in [0.25, 0.3) is 1.45 Å². The van der Waals surface area contributed by atoms with Gasteiger partial charge < -0.3 is 0 Å². The smallest absolute Gasteiger partial charge is 0.269 e. The third-order valence-corrected chi connectivity index (χ3v) is 1.39. The number of pyridine rings is 1. The normalized spacial score (nSPS) is 9.17. The van der Waals surface area contributed by atoms with Crippen LogP contribution in [-0.2, 0) is 6.42 Å². The van der Waals surface area contributed by atoms with Gasteiger partial charge in [-0.25, -0.2) is 0 Å². The lowest BCUT2D eigenvalue weighted by Crippen LogP contribution is -1.92. The topological polar surface area (TPSA) is 12.9 Å². The zero-order valence-electron chi connectivity index (χ0n) is 7.92. The van der Waals surface area contributed by atoms with Crippen LogP contribution in [-0.4, -0.2) is 6.43 Å². The van der Waals surface area contributed by atoms with Crippen molar-refractivity contribution in [2.24, 2.45) is 5.92 Å². The van der Waals surface area contributed by atoms with E-state index in [2.05, 4.69) is 32.4 Å². The number of halogens is 1. The molecule has 0 saturated heterocycles. The number of aromatic nitrogens is 1. The second kappa shape index (κ2) is 6.77. The lowest BCUT2D eigenvalue weighted by Gasteiger charge is -2.02. The van der Waals surface area contributed by atoms with Crippen molar-refractivity contribution in [1.82, 2.24) is 4.98 Å². The standard InChI is InChI=1S/C9H13N.CH4.FH/c1-8(2)7-9-3-5-10-6-4-9;;/h3-6,8H,7H2,1-2H3;1H4;1H/i/hT. The van der Waals surface area contributed by atoms with Gasteiger partial charge in [-0.1, -0.05) is 21.3 Å². The Morgan fingerprint density at radius 3 is 2.33 bits per heavy atom. The molecule has 1 aromatic heterocycles. The Bertz CT molecular complexity index is 189. The lowest BCUT2D eigenvalue weighted by molar-refractivity contribution is 0.647. The van der Waals surface area contributed by atoms with Crippen molar-refractivity contribution >= 4 is 0 Å². The second-order valence-electron chi connectivity index (χ2n) is 2.95. The van der Waals surface area contributed by atoms with Crippen LogP contribution in [0.25, 0.3) is 0 Å². The van der Waals surface area contributed by atoms with E-state index in [1.165, 1.54) is 5.56 Å². The predicted octanol–water partition coefficient (Wildman–Crippen LogP) is 3.07. The second-order valence-corrected chi connectivity index (χ2v) is 2.95. The van der Waals surface area contributed by atoms with Gasteiger partial charge >= 0.3 is 0 Å². The first-order chi connectivity index (χ1) is 5.79. The summed E-state index contributed by atoms with van der Waals surface area (Å²) in [6, 6.07) is 4.14. The highest BCUT2D eigenvalue weighted by Gasteiger charge is 1.94. The van der Waals surface area contributed by atoms with Crippen LogP contribution in [0.3, 0.4) is 0 Å². The number of hydrogen-bond donors (Lipinski definition) is 0. The molecule has 0 aliphatic carbocycles. The highest BCUT2D eigenvalue weighted by molar-refractivity contribution is 5.09. The fraction of sp³-hybridized carbons (Fsp3) is 0.500. The first-order valence-corrected chi connectivity index (χ1v) is 3.68. The summed E-state index contributed by atoms with van der Waals surface area (Å²) in [6.07, 6.45) is 4.85. The molecule has 70 valence electrons. The molecule has 2 heteroatoms. The molecule has 1 nitrogen and oxygen atoms in total. The highest BCUT2D eigenvalue weighted by Crippen LogP contribution is 2.04. The van der Waals surface area contributed by atoms with Gasteiger partial charge in [0, 0.05) is 12.4 Å². The van der Waals surface area contributed by atoms with Crippen LogP contribution in [0.15, 0.2) is 24.5 Å². The number of hydrogen-bond acceptors (Lipinski definition) is 1. The van der Waals surface area contributed by atoms with Crippen molar-refractivity contribution in [3.63, 3.8) is 0 Å². The molecule has 12 heavy (non-hydrogen) atoms. The third-order valence-electron chi connectivity index (χ3n) is 1.39. The molecule has 0 atom stereocenters. The van der Waals surface area contributed by atoms with Crippen LogP contribution in [0.4, 0.5) is 4.72 Å². The van der Waals surface area contributed by atoms with E-state index in [-0.39, 0.29) is 7.43 Å². The minimum atomic E-state index is 0. The Kier molecular flexibility index (Phi) is 6.25. The van der Waals surface area contributed by atoms with Crippen LogP contribution in [0, 0.1) is 5.92 Å². The van der Waals surface area contributed by atoms with Gasteiger partial charge in [-0.2, -0.15) is 0 Å². The average Bonchev–Trinajstić information content (AvgIpc) is 2.08. The van der Waals surface area contributed by atoms with Crippen molar-refractivity contribution in [2.45, 2.75) is 27.7 Å². The van der Waals surface area contributed by atoms with E-state index in [0.717, 1.165) is 12.3 Å². The zero-order valence-corrected chi connectivity index (χ0v) is 6.92. The van der Waals surface area contributed by atoms with Gasteiger partial charge in [0.2, 0.25) is 0 Å². The van der Waals surface area contributed by atoms with Gasteiger partial charge in [0.1, 0.15) is 0 Å². The average molecular weight is 173 g/mol. The molecule has 0 aromatic carbocycles. The first-order valence-electron chi connectivity index (χ1n) is 4.05. The zero-order chi connectivity index (χ0) is 9.40. The molecule has 1 rings (SSSR count). The number of rotatable bonds is 2. The molecule has 0 aliphatic heterocycles. The summed E-state index contributed by atoms with van der Waals surface area (Å²) in [5.41, 5.74) is 1.38. The third kappa shape index (κ3) is 4.83. The van der Waals surface area contributed by atoms with Crippen LogP contribution < -0.4 is 0 Å². The van der Waals surface area contributed by atoms with E-state index in [1.807, 2.05) is 12.4 Å². The fourth-order valence-electron chi connectivity index (χ4n) is 0.990. The van der Waals surface area contributed by atoms with Gasteiger partial charge in [-0.3, -0.25) is 9.70 Å². The van der Waals surface area contributed by atoms with E-state index in [9.17, 15) is 0 Å². The minimum absolute atomic E-state index is 0. The first kappa shape index (κ1) is 11.1. The summed E-state index contributed by atoms with van der Waals surface area (Å²) in [7, 11) is 0. The van der Waals surface area contributed by atoms with E-state index >= 15 is 0 Å². The van der Waals surface area contributed by atoms with Gasteiger partial charge in [-0.15, -0.1) is 0 Å². The lowest BCUT2D eigenvalue weighted by atomic mass is 10.0. The largest absolute Gasteiger partial charge is 0.269 e. The molecule has 0 amide bonds. The Balaban J connectivity index is 0. The SMILES string of the molecule is C.CC(C)Cc1ccncc1.[3H]F. The monoisotopic (exact) mass is 173 g/mol. The quantitative estimate of drug-likeness (QED) is 0.669. The Morgan fingerprint density at radius 2 is 1.92 bits per heavy atom. The summed E-state index contributed by atoms with van der Waals surface area (Å²) < 4.78 is 13.0. The molecule has 0 aliphatic rings. The summed E-state index contributed by atoms with van der Waals surface area (Å²) in [6.45, 7) is 4.45. The molecule has 1 aromatic rings. The van der Waals surface area contributed by atoms with Gasteiger partial charge in [-0.05, 0) is 30.0 Å². The van der Waals surface area contributed by atoms with Crippen molar-refractivity contribution in [2.75, 3.05) is 0 Å². The molecule has 0 spiro atoms. The van der Waals surface area contributed by atoms with Crippen molar-refractivity contribution in [3.05, 3.63) is 30.1 Å². The van der Waals surface area contributed by atoms with Crippen LogP contribution >= 0.6 is 0 Å². The van der Waals surface area contributed by atoms with Gasteiger partial charge in [0.15, 0.2) is 0 Å². The van der Waals surface area contributed by atoms with Crippen LogP contribution in [0.1, 0.15) is 26.8 Å². The van der Waals surface area contributed by atoms with Crippen molar-refractivity contribution in [3.8, 4) is 0 Å². The summed E-state index contributed by atoms with van der Waals surface area (Å²) in [5, 5.41) is 0. The summed E-state index contributed by atoms with van der Waals surface area (Å²) >= 11 is 0. The molecule has 0 radical (unpaired) electrons. The molecule has 1 heterocycles. The highest BCUT2D eigenvalue weighted by atomic mass is 19.0. The minimum Gasteiger partial charge on any atom is -0.269 e. The van der Waals surface area contributed by atoms with Crippen LogP contribution in [0.5, 0.6) is 0 Å². The van der Waals surface area contributed by atoms with E-state index in [0.29, 0.717) is 0 Å². The summed E-state index contributed by atoms with van der Waals surface area (Å²) in [4.78, 5) is 3.95. The number of nitrogens with zero attached hydrogens (tertiary/aromatic N) is 1. The molecular weight excluding hydrogens is 153 g/mol. The Labute approximate surface area is 75.7 Å². The maximum Gasteiger partial charge on any atom is 0.269 e. The maximum absolute atomic E-state index is 8.75. The molecule has 0 fully saturated rings. The molecular formula is C10H18FN. The van der Waals surface area contributed by atoms with E-state index < -0.39 is 0 Å². The maximum atomic E-state index is 8.75. The Morgan fingerprint density at radius 1 is 1.42 bits per heavy atom. The molecule has 0 saturated carbocycles. The molecule has 0 N–H and O–H groups in total. The Hall–Kier alpha value is -0.920. The molecule has 0 unspecified atom stereocenters. The fourth-order valence-corrected chi connectivity index (χ4v) is 0.990. The van der Waals surface area contributed by atoms with Crippen molar-refractivity contribution < 1.29 is 4.72 Å². The summed E-state index contributed by atoms with van der Waals surface area (Å²) in [5.74, 6) is 0.738. The molecule has 0 bridgehead atoms.